The largest absolute Gasteiger partial charge is 0.468 e. The van der Waals surface area contributed by atoms with Gasteiger partial charge in [-0.25, -0.2) is 0 Å². The van der Waals surface area contributed by atoms with E-state index in [4.69, 9.17) is 21.2 Å². The van der Waals surface area contributed by atoms with Gasteiger partial charge in [0.2, 0.25) is 0 Å². The fourth-order valence-electron chi connectivity index (χ4n) is 9.55. The first kappa shape index (κ1) is 20.2. The average Bonchev–Trinajstić information content (AvgIpc) is 1.28. The number of hydrogen-bond acceptors (Lipinski definition) is 4. The topological polar surface area (TPSA) is 37.7 Å². The Balaban J connectivity index is 1.28. The van der Waals surface area contributed by atoms with Crippen molar-refractivity contribution in [2.75, 3.05) is 9.80 Å². The molecule has 6 heteroatoms. The summed E-state index contributed by atoms with van der Waals surface area (Å²) in [6.07, 6.45) is 0. The lowest BCUT2D eigenvalue weighted by Crippen LogP contribution is -2.61. The van der Waals surface area contributed by atoms with E-state index in [1.807, 2.05) is 0 Å². The summed E-state index contributed by atoms with van der Waals surface area (Å²) in [7, 11) is 0. The zero-order valence-corrected chi connectivity index (χ0v) is 35.7. The predicted molar refractivity (Wildman–Crippen MR) is 273 cm³/mol. The van der Waals surface area contributed by atoms with E-state index in [9.17, 15) is 21.9 Å². The molecule has 0 saturated heterocycles. The molecule has 0 radical (unpaired) electrons. The van der Waals surface area contributed by atoms with Crippen LogP contribution in [-0.2, 0) is 10.8 Å². The van der Waals surface area contributed by atoms with Crippen LogP contribution >= 0.6 is 0 Å². The lowest BCUT2D eigenvalue weighted by Gasteiger charge is -2.45. The van der Waals surface area contributed by atoms with Crippen LogP contribution in [0.25, 0.3) is 71.5 Å². The molecule has 0 spiro atoms. The van der Waals surface area contributed by atoms with Crippen LogP contribution in [0.2, 0.25) is 0 Å². The van der Waals surface area contributed by atoms with Crippen LogP contribution in [0.5, 0.6) is 0 Å². The average molecular weight is 865 g/mol. The minimum atomic E-state index is -1.77. The van der Waals surface area contributed by atoms with Crippen molar-refractivity contribution in [1.29, 1.82) is 0 Å². The molecule has 0 aliphatic carbocycles. The molecule has 3 aliphatic rings. The van der Waals surface area contributed by atoms with Crippen LogP contribution in [0.15, 0.2) is 160 Å². The predicted octanol–water partition coefficient (Wildman–Crippen LogP) is 14.4. The van der Waals surface area contributed by atoms with Crippen LogP contribution in [-0.4, -0.2) is 11.3 Å². The summed E-state index contributed by atoms with van der Waals surface area (Å²) in [6, 6.07) is -17.0. The molecule has 0 atom stereocenters. The summed E-state index contributed by atoms with van der Waals surface area (Å²) < 4.78 is 253. The van der Waals surface area contributed by atoms with Crippen LogP contribution in [0.3, 0.4) is 0 Å². The van der Waals surface area contributed by atoms with Gasteiger partial charge in [0.1, 0.15) is 11.2 Å². The second kappa shape index (κ2) is 12.4. The van der Waals surface area contributed by atoms with E-state index in [0.29, 0.717) is 0 Å². The van der Waals surface area contributed by atoms with Crippen LogP contribution < -0.4 is 26.4 Å². The van der Waals surface area contributed by atoms with Gasteiger partial charge in [0.05, 0.1) is 79.4 Å². The minimum absolute atomic E-state index is 0.00542. The highest BCUT2D eigenvalue weighted by Gasteiger charge is 2.49. The molecule has 0 unspecified atom stereocenters. The second-order valence-corrected chi connectivity index (χ2v) is 18.6. The van der Waals surface area contributed by atoms with E-state index in [-0.39, 0.29) is 107 Å². The van der Waals surface area contributed by atoms with Gasteiger partial charge in [0, 0.05) is 38.3 Å². The fourth-order valence-corrected chi connectivity index (χ4v) is 9.55. The van der Waals surface area contributed by atoms with Gasteiger partial charge < -0.3 is 23.2 Å². The quantitative estimate of drug-likeness (QED) is 0.162. The molecule has 0 bridgehead atoms. The molecule has 14 rings (SSSR count). The SMILES string of the molecule is [2H]c1c([2H])c([2H])c(-c2c([2H])c([2H])c3oc4c(c3c2[2H])N(c2c([2H])c([2H])c([2H])c3c2oc2c([2H])c([2H])c([2H])c([2H])c23)c2c([2H])c(C)c([2H])c3c2B4c2c([2H])c([2H])c([2H])c4c2N3c2c([2H])c(C(C)(C)C)c([2H])c3c5c([2H])c(C(C)(C)C)c([2H])c([2H])c5n-4c23)c([2H])c1[2H]. The van der Waals surface area contributed by atoms with Gasteiger partial charge >= 0.3 is 0 Å². The molecule has 3 aliphatic heterocycles. The van der Waals surface area contributed by atoms with Gasteiger partial charge in [-0.1, -0.05) is 126 Å². The summed E-state index contributed by atoms with van der Waals surface area (Å²) >= 11 is 0. The maximum absolute atomic E-state index is 10.5. The van der Waals surface area contributed by atoms with Gasteiger partial charge in [-0.15, -0.1) is 0 Å². The summed E-state index contributed by atoms with van der Waals surface area (Å²) in [5, 5.41) is -1.31. The third-order valence-corrected chi connectivity index (χ3v) is 12.5. The third-order valence-electron chi connectivity index (χ3n) is 12.5. The Bertz CT molecular complexity index is 5350. The molecule has 11 aromatic rings. The lowest BCUT2D eigenvalue weighted by atomic mass is 9.35. The van der Waals surface area contributed by atoms with Gasteiger partial charge in [-0.05, 0) is 123 Å². The number of para-hydroxylation sites is 3. The van der Waals surface area contributed by atoms with Crippen molar-refractivity contribution < 1.29 is 43.1 Å². The molecular formula is C59H46BN3O2. The number of nitrogens with zero attached hydrogens (tertiary/aromatic N) is 3. The number of rotatable bonds is 2. The van der Waals surface area contributed by atoms with Crippen molar-refractivity contribution in [3.63, 3.8) is 0 Å². The van der Waals surface area contributed by atoms with E-state index < -0.39 is 200 Å². The first-order valence-corrected chi connectivity index (χ1v) is 20.9. The highest BCUT2D eigenvalue weighted by atomic mass is 16.3. The lowest BCUT2D eigenvalue weighted by molar-refractivity contribution is 0.590. The minimum Gasteiger partial charge on any atom is -0.468 e. The number of anilines is 6. The molecule has 8 aromatic carbocycles. The highest BCUT2D eigenvalue weighted by molar-refractivity contribution is 7.00. The van der Waals surface area contributed by atoms with E-state index in [1.165, 1.54) is 16.4 Å². The van der Waals surface area contributed by atoms with Crippen molar-refractivity contribution in [3.8, 4) is 16.8 Å². The zero-order chi connectivity index (χ0) is 65.6. The molecule has 0 fully saturated rings. The molecule has 312 valence electrons. The number of benzene rings is 8. The van der Waals surface area contributed by atoms with Crippen molar-refractivity contribution in [3.05, 3.63) is 168 Å². The van der Waals surface area contributed by atoms with Gasteiger partial charge in [-0.3, -0.25) is 0 Å². The molecule has 0 N–H and O–H groups in total. The summed E-state index contributed by atoms with van der Waals surface area (Å²) in [5.41, 5.74) is -8.32. The Labute approximate surface area is 413 Å². The fraction of sp³-hybridized carbons (Fsp3) is 0.153. The zero-order valence-electron chi connectivity index (χ0n) is 60.7. The van der Waals surface area contributed by atoms with Gasteiger partial charge in [0.25, 0.3) is 6.71 Å². The van der Waals surface area contributed by atoms with Crippen molar-refractivity contribution in [2.24, 2.45) is 0 Å². The normalized spacial score (nSPS) is 19.4. The van der Waals surface area contributed by atoms with Gasteiger partial charge in [-0.2, -0.15) is 0 Å². The molecule has 65 heavy (non-hydrogen) atoms. The maximum atomic E-state index is 10.5. The summed E-state index contributed by atoms with van der Waals surface area (Å²) in [4.78, 5) is 2.51. The summed E-state index contributed by atoms with van der Waals surface area (Å²) in [5.74, 6) is 0. The molecule has 6 heterocycles. The third kappa shape index (κ3) is 4.89. The molecule has 0 amide bonds. The number of hydrogen-bond donors (Lipinski definition) is 0. The van der Waals surface area contributed by atoms with Crippen LogP contribution in [0.4, 0.5) is 34.1 Å². The maximum Gasteiger partial charge on any atom is 0.297 e. The first-order chi connectivity index (χ1) is 41.9. The Morgan fingerprint density at radius 3 is 1.98 bits per heavy atom. The number of fused-ring (bicyclic) bond motifs is 14. The molecule has 5 nitrogen and oxygen atoms in total. The second-order valence-electron chi connectivity index (χ2n) is 18.6. The van der Waals surface area contributed by atoms with E-state index in [2.05, 4.69) is 0 Å². The van der Waals surface area contributed by atoms with E-state index in [0.717, 1.165) is 4.90 Å². The number of aromatic nitrogens is 1. The van der Waals surface area contributed by atoms with E-state index in [1.54, 1.807) is 41.5 Å². The number of furan rings is 2. The van der Waals surface area contributed by atoms with Crippen LogP contribution in [0, 0.1) is 6.92 Å². The molecule has 0 saturated carbocycles. The van der Waals surface area contributed by atoms with Crippen molar-refractivity contribution in [2.45, 2.75) is 59.3 Å². The molecule has 3 aromatic heterocycles. The Kier molecular flexibility index (Phi) is 3.85. The van der Waals surface area contributed by atoms with Crippen LogP contribution in [0.1, 0.15) is 92.5 Å². The Morgan fingerprint density at radius 1 is 0.492 bits per heavy atom. The first-order valence-electron chi connectivity index (χ1n) is 33.4. The standard InChI is InChI=1S/C59H46BN3O2/c1-33-27-47-52-48(28-33)63-49-32-37(59(5,6)7)31-41-40-30-36(58(2,3)4)24-25-44(40)61(53(41)49)45-20-14-19-43(55(45)63)60(52)57-54(42-29-35(23-26-51(42)65-57)34-15-9-8-10-16-34)62(47)46-21-13-18-39-38-17-11-12-22-50(38)64-56(39)46/h8-32H,1-7H3/i8D,9D,10D,11D,12D,13D,14D,15D,16D,17D,18D,19D,20D,21D,22D,23D,24D,25D,26D,27D,28D,29D,30D,31D,32D. The highest BCUT2D eigenvalue weighted by Crippen LogP contribution is 2.55. The van der Waals surface area contributed by atoms with Crippen molar-refractivity contribution in [1.82, 2.24) is 4.57 Å². The van der Waals surface area contributed by atoms with Gasteiger partial charge in [0.15, 0.2) is 5.58 Å². The Morgan fingerprint density at radius 2 is 1.18 bits per heavy atom. The van der Waals surface area contributed by atoms with Crippen molar-refractivity contribution >= 4 is 112 Å². The Hall–Kier alpha value is -7.44. The molecular weight excluding hydrogens is 793 g/mol. The van der Waals surface area contributed by atoms with E-state index >= 15 is 0 Å². The smallest absolute Gasteiger partial charge is 0.297 e. The summed E-state index contributed by atoms with van der Waals surface area (Å²) in [6.45, 7) is 10.2. The monoisotopic (exact) mass is 865 g/mol.